The van der Waals surface area contributed by atoms with Gasteiger partial charge >= 0.3 is 11.5 Å². The lowest BCUT2D eigenvalue weighted by molar-refractivity contribution is -0.131. The molecule has 3 rings (SSSR count). The molecule has 0 aliphatic rings. The fraction of sp³-hybridized carbons (Fsp3) is 0.111. The number of benzene rings is 3. The van der Waals surface area contributed by atoms with Crippen molar-refractivity contribution in [2.24, 2.45) is 0 Å². The van der Waals surface area contributed by atoms with Gasteiger partial charge in [0.05, 0.1) is 0 Å². The second kappa shape index (κ2) is 11.2. The Labute approximate surface area is 208 Å². The Morgan fingerprint density at radius 3 is 2.11 bits per heavy atom. The maximum atomic E-state index is 12.9. The van der Waals surface area contributed by atoms with Crippen molar-refractivity contribution < 1.29 is 27.3 Å². The van der Waals surface area contributed by atoms with Gasteiger partial charge in [-0.25, -0.2) is 9.00 Å². The van der Waals surface area contributed by atoms with Crippen LogP contribution in [0.3, 0.4) is 0 Å². The van der Waals surface area contributed by atoms with E-state index in [1.165, 1.54) is 30.3 Å². The first-order chi connectivity index (χ1) is 17.0. The number of carboxylic acid groups (broad SMARTS) is 1. The van der Waals surface area contributed by atoms with Gasteiger partial charge < -0.3 is 16.2 Å². The Morgan fingerprint density at radius 1 is 1.00 bits per heavy atom. The van der Waals surface area contributed by atoms with E-state index in [4.69, 9.17) is 16.2 Å². The quantitative estimate of drug-likeness (QED) is 0.141. The molecule has 186 valence electrons. The molecule has 4 N–H and O–H groups in total. The molecule has 3 aromatic rings. The molecule has 1 atom stereocenters. The number of nitrogens with one attached hydrogen (secondary N) is 1. The number of hydrogen-bond donors (Lipinski definition) is 3. The van der Waals surface area contributed by atoms with E-state index in [1.807, 2.05) is 19.1 Å². The fourth-order valence-corrected chi connectivity index (χ4v) is 4.39. The average Bonchev–Trinajstić information content (AvgIpc) is 2.86. The van der Waals surface area contributed by atoms with Crippen LogP contribution in [0.4, 0.5) is 18.9 Å². The minimum Gasteiger partial charge on any atom is -0.478 e. The van der Waals surface area contributed by atoms with Crippen LogP contribution in [0, 0.1) is 5.41 Å². The van der Waals surface area contributed by atoms with Crippen molar-refractivity contribution in [3.63, 3.8) is 0 Å². The number of alkyl halides is 3. The van der Waals surface area contributed by atoms with Gasteiger partial charge in [0, 0.05) is 28.4 Å². The smallest absolute Gasteiger partial charge is 0.475 e. The highest BCUT2D eigenvalue weighted by atomic mass is 32.2. The Hall–Kier alpha value is -3.98. The first-order valence-corrected chi connectivity index (χ1v) is 11.9. The zero-order valence-corrected chi connectivity index (χ0v) is 20.0. The highest BCUT2D eigenvalue weighted by Crippen LogP contribution is 2.36. The number of halogens is 3. The molecule has 0 spiro atoms. The van der Waals surface area contributed by atoms with E-state index < -0.39 is 22.3 Å². The summed E-state index contributed by atoms with van der Waals surface area (Å²) in [5, 5.41) is 16.5. The molecule has 0 amide bonds. The maximum Gasteiger partial charge on any atom is 0.475 e. The van der Waals surface area contributed by atoms with Gasteiger partial charge in [0.1, 0.15) is 0 Å². The van der Waals surface area contributed by atoms with Crippen molar-refractivity contribution in [2.75, 3.05) is 5.73 Å². The Morgan fingerprint density at radius 2 is 1.58 bits per heavy atom. The van der Waals surface area contributed by atoms with Crippen LogP contribution in [-0.2, 0) is 15.6 Å². The van der Waals surface area contributed by atoms with Crippen molar-refractivity contribution in [1.29, 1.82) is 5.41 Å². The molecule has 5 nitrogen and oxygen atoms in total. The van der Waals surface area contributed by atoms with E-state index in [0.29, 0.717) is 28.8 Å². The standard InChI is InChI=1S/C27H23F3N2O3S/c1-2-23(18-8-11-22(12-9-18)36(35)27(28,29)30)26(20-10-13-24(32)21(15-20)16-31)19-6-3-17(4-7-19)5-14-25(33)34/h3-16,31H,2,32H2,1H3,(H,33,34)/b14-5+,26-23+,31-16?. The van der Waals surface area contributed by atoms with E-state index in [0.717, 1.165) is 34.6 Å². The topological polar surface area (TPSA) is 104 Å². The van der Waals surface area contributed by atoms with Gasteiger partial charge in [-0.3, -0.25) is 0 Å². The monoisotopic (exact) mass is 512 g/mol. The summed E-state index contributed by atoms with van der Waals surface area (Å²) in [6, 6.07) is 17.8. The number of carboxylic acids is 1. The summed E-state index contributed by atoms with van der Waals surface area (Å²) in [7, 11) is -3.13. The SMILES string of the molecule is CC/C(=C(/c1ccc(/C=C/C(=O)O)cc1)c1ccc(N)c(C=N)c1)c1ccc(S(=O)C(F)(F)F)cc1. The second-order valence-corrected chi connectivity index (χ2v) is 9.20. The highest BCUT2D eigenvalue weighted by molar-refractivity contribution is 7.86. The van der Waals surface area contributed by atoms with E-state index in [1.54, 1.807) is 30.3 Å². The van der Waals surface area contributed by atoms with E-state index >= 15 is 0 Å². The summed E-state index contributed by atoms with van der Waals surface area (Å²) in [6.07, 6.45) is 4.16. The van der Waals surface area contributed by atoms with E-state index in [2.05, 4.69) is 0 Å². The van der Waals surface area contributed by atoms with Gasteiger partial charge in [0.2, 0.25) is 0 Å². The van der Waals surface area contributed by atoms with Crippen molar-refractivity contribution in [3.05, 3.63) is 101 Å². The summed E-state index contributed by atoms with van der Waals surface area (Å²) in [5.41, 5.74) is 6.51. The molecule has 0 saturated heterocycles. The molecule has 0 aromatic heterocycles. The molecule has 9 heteroatoms. The third-order valence-electron chi connectivity index (χ3n) is 5.43. The van der Waals surface area contributed by atoms with Gasteiger partial charge in [0.15, 0.2) is 10.8 Å². The lowest BCUT2D eigenvalue weighted by Crippen LogP contribution is -2.16. The molecule has 0 heterocycles. The predicted octanol–water partition coefficient (Wildman–Crippen LogP) is 6.36. The molecule has 36 heavy (non-hydrogen) atoms. The normalized spacial score (nSPS) is 13.3. The van der Waals surface area contributed by atoms with E-state index in [9.17, 15) is 22.2 Å². The second-order valence-electron chi connectivity index (χ2n) is 7.73. The molecule has 0 bridgehead atoms. The molecule has 0 radical (unpaired) electrons. The molecular weight excluding hydrogens is 489 g/mol. The molecule has 0 saturated carbocycles. The fourth-order valence-electron chi connectivity index (χ4n) is 3.74. The molecular formula is C27H23F3N2O3S. The van der Waals surface area contributed by atoms with Crippen LogP contribution in [0.25, 0.3) is 17.2 Å². The van der Waals surface area contributed by atoms with Crippen LogP contribution in [0.2, 0.25) is 0 Å². The van der Waals surface area contributed by atoms with Crippen molar-refractivity contribution in [1.82, 2.24) is 0 Å². The first-order valence-electron chi connectivity index (χ1n) is 10.8. The van der Waals surface area contributed by atoms with Crippen molar-refractivity contribution in [2.45, 2.75) is 23.7 Å². The lowest BCUT2D eigenvalue weighted by atomic mass is 9.87. The van der Waals surface area contributed by atoms with Gasteiger partial charge in [-0.15, -0.1) is 0 Å². The summed E-state index contributed by atoms with van der Waals surface area (Å²) in [6.45, 7) is 1.91. The van der Waals surface area contributed by atoms with Crippen molar-refractivity contribution in [3.8, 4) is 0 Å². The molecule has 1 unspecified atom stereocenters. The molecule has 3 aromatic carbocycles. The lowest BCUT2D eigenvalue weighted by Gasteiger charge is -2.18. The van der Waals surface area contributed by atoms with Crippen LogP contribution >= 0.6 is 0 Å². The Bertz CT molecular complexity index is 1360. The minimum absolute atomic E-state index is 0.337. The van der Waals surface area contributed by atoms with Gasteiger partial charge in [0.25, 0.3) is 0 Å². The number of nitrogen functional groups attached to an aromatic ring is 1. The van der Waals surface area contributed by atoms with Crippen LogP contribution < -0.4 is 5.73 Å². The number of rotatable bonds is 8. The highest BCUT2D eigenvalue weighted by Gasteiger charge is 2.37. The molecule has 0 aliphatic carbocycles. The minimum atomic E-state index is -4.85. The van der Waals surface area contributed by atoms with Crippen LogP contribution in [0.5, 0.6) is 0 Å². The molecule has 0 aliphatic heterocycles. The first kappa shape index (κ1) is 26.6. The summed E-state index contributed by atoms with van der Waals surface area (Å²) >= 11 is 0. The summed E-state index contributed by atoms with van der Waals surface area (Å²) < 4.78 is 50.4. The largest absolute Gasteiger partial charge is 0.478 e. The van der Waals surface area contributed by atoms with Crippen LogP contribution in [0.15, 0.2) is 77.7 Å². The number of carbonyl (C=O) groups is 1. The zero-order chi connectivity index (χ0) is 26.5. The summed E-state index contributed by atoms with van der Waals surface area (Å²) in [5.74, 6) is -1.07. The molecule has 0 fully saturated rings. The van der Waals surface area contributed by atoms with Gasteiger partial charge in [-0.2, -0.15) is 13.2 Å². The van der Waals surface area contributed by atoms with Gasteiger partial charge in [-0.1, -0.05) is 49.4 Å². The number of aliphatic carboxylic acids is 1. The summed E-state index contributed by atoms with van der Waals surface area (Å²) in [4.78, 5) is 10.5. The third kappa shape index (κ3) is 6.17. The number of nitrogens with two attached hydrogens (primary N) is 1. The number of hydrogen-bond acceptors (Lipinski definition) is 4. The average molecular weight is 513 g/mol. The maximum absolute atomic E-state index is 12.9. The van der Waals surface area contributed by atoms with Crippen LogP contribution in [-0.4, -0.2) is 27.0 Å². The van der Waals surface area contributed by atoms with Crippen molar-refractivity contribution >= 4 is 45.9 Å². The predicted molar refractivity (Wildman–Crippen MR) is 137 cm³/mol. The Kier molecular flexibility index (Phi) is 8.26. The van der Waals surface area contributed by atoms with E-state index in [-0.39, 0.29) is 4.90 Å². The zero-order valence-electron chi connectivity index (χ0n) is 19.2. The van der Waals surface area contributed by atoms with Crippen LogP contribution in [0.1, 0.15) is 41.2 Å². The number of allylic oxidation sites excluding steroid dienone is 1. The third-order valence-corrected chi connectivity index (χ3v) is 6.55. The Balaban J connectivity index is 2.20. The number of anilines is 1. The van der Waals surface area contributed by atoms with Gasteiger partial charge in [-0.05, 0) is 70.2 Å².